The van der Waals surface area contributed by atoms with Crippen molar-refractivity contribution in [3.05, 3.63) is 65.9 Å². The molecule has 1 atom stereocenters. The molecule has 0 aliphatic carbocycles. The number of methoxy groups -OCH3 is 1. The fraction of sp³-hybridized carbons (Fsp3) is 0.484. The van der Waals surface area contributed by atoms with Crippen LogP contribution in [0.25, 0.3) is 10.9 Å². The molecule has 0 saturated carbocycles. The Morgan fingerprint density at radius 2 is 1.84 bits per heavy atom. The molecule has 1 spiro atoms. The van der Waals surface area contributed by atoms with E-state index in [-0.39, 0.29) is 17.9 Å². The Bertz CT molecular complexity index is 1280. The van der Waals surface area contributed by atoms with Crippen molar-refractivity contribution in [3.63, 3.8) is 0 Å². The molecule has 1 N–H and O–H groups in total. The second-order valence-corrected chi connectivity index (χ2v) is 10.8. The van der Waals surface area contributed by atoms with Crippen LogP contribution in [-0.4, -0.2) is 60.7 Å². The standard InChI is InChI=1S/C31H39N3O4/c1-23-22-38-28-13-6-4-9-24(28)10-7-8-14-31(30(36)32-23)15-17-33(18-16-31)29(35)27-21-25-11-3-5-12-26(25)34(27)19-20-37-2/h3-6,9,11-13,21,23H,7-8,10,14-20,22H2,1-2H3,(H,32,36)/t23-/m1/s1. The van der Waals surface area contributed by atoms with Gasteiger partial charge in [0.1, 0.15) is 18.1 Å². The van der Waals surface area contributed by atoms with Gasteiger partial charge in [-0.25, -0.2) is 0 Å². The highest BCUT2D eigenvalue weighted by Gasteiger charge is 2.42. The van der Waals surface area contributed by atoms with Crippen LogP contribution in [0.1, 0.15) is 55.1 Å². The zero-order valence-corrected chi connectivity index (χ0v) is 22.6. The maximum atomic E-state index is 13.7. The second kappa shape index (κ2) is 11.6. The van der Waals surface area contributed by atoms with E-state index < -0.39 is 5.41 Å². The number of rotatable bonds is 4. The van der Waals surface area contributed by atoms with Gasteiger partial charge in [-0.05, 0) is 62.8 Å². The zero-order valence-electron chi connectivity index (χ0n) is 22.6. The van der Waals surface area contributed by atoms with E-state index in [0.29, 0.717) is 51.4 Å². The molecule has 5 rings (SSSR count). The van der Waals surface area contributed by atoms with E-state index in [1.54, 1.807) is 7.11 Å². The number of nitrogens with zero attached hydrogens (tertiary/aromatic N) is 2. The largest absolute Gasteiger partial charge is 0.491 e. The summed E-state index contributed by atoms with van der Waals surface area (Å²) in [5, 5.41) is 4.28. The summed E-state index contributed by atoms with van der Waals surface area (Å²) >= 11 is 0. The van der Waals surface area contributed by atoms with Gasteiger partial charge in [0.05, 0.1) is 18.1 Å². The molecule has 2 aliphatic heterocycles. The Kier molecular flexibility index (Phi) is 8.03. The summed E-state index contributed by atoms with van der Waals surface area (Å²) in [6.07, 6.45) is 5.10. The van der Waals surface area contributed by atoms with Gasteiger partial charge >= 0.3 is 0 Å². The average molecular weight is 518 g/mol. The molecule has 2 amide bonds. The summed E-state index contributed by atoms with van der Waals surface area (Å²) in [5.74, 6) is 1.04. The smallest absolute Gasteiger partial charge is 0.270 e. The van der Waals surface area contributed by atoms with Gasteiger partial charge in [0, 0.05) is 37.6 Å². The lowest BCUT2D eigenvalue weighted by Gasteiger charge is -2.41. The highest BCUT2D eigenvalue weighted by molar-refractivity contribution is 5.99. The number of carbonyl (C=O) groups excluding carboxylic acids is 2. The number of aryl methyl sites for hydroxylation is 1. The number of fused-ring (bicyclic) bond motifs is 2. The fourth-order valence-electron chi connectivity index (χ4n) is 5.96. The van der Waals surface area contributed by atoms with E-state index in [2.05, 4.69) is 22.0 Å². The Labute approximate surface area is 225 Å². The predicted molar refractivity (Wildman–Crippen MR) is 148 cm³/mol. The number of likely N-dealkylation sites (tertiary alicyclic amines) is 1. The number of hydrogen-bond donors (Lipinski definition) is 1. The third-order valence-electron chi connectivity index (χ3n) is 8.23. The van der Waals surface area contributed by atoms with Crippen molar-refractivity contribution in [2.45, 2.75) is 58.0 Å². The Morgan fingerprint density at radius 1 is 1.08 bits per heavy atom. The van der Waals surface area contributed by atoms with E-state index in [0.717, 1.165) is 42.3 Å². The molecule has 7 nitrogen and oxygen atoms in total. The highest BCUT2D eigenvalue weighted by Crippen LogP contribution is 2.38. The van der Waals surface area contributed by atoms with E-state index >= 15 is 0 Å². The van der Waals surface area contributed by atoms with Crippen molar-refractivity contribution >= 4 is 22.7 Å². The van der Waals surface area contributed by atoms with E-state index in [1.807, 2.05) is 54.3 Å². The first-order valence-electron chi connectivity index (χ1n) is 13.9. The number of amides is 2. The molecule has 3 heterocycles. The molecule has 7 heteroatoms. The normalized spacial score (nSPS) is 20.2. The van der Waals surface area contributed by atoms with Gasteiger partial charge in [-0.3, -0.25) is 9.59 Å². The molecule has 1 fully saturated rings. The topological polar surface area (TPSA) is 72.8 Å². The van der Waals surface area contributed by atoms with Gasteiger partial charge in [-0.1, -0.05) is 42.8 Å². The quantitative estimate of drug-likeness (QED) is 0.539. The predicted octanol–water partition coefficient (Wildman–Crippen LogP) is 4.82. The highest BCUT2D eigenvalue weighted by atomic mass is 16.5. The van der Waals surface area contributed by atoms with Crippen LogP contribution in [0.15, 0.2) is 54.6 Å². The van der Waals surface area contributed by atoms with Crippen LogP contribution in [0.3, 0.4) is 0 Å². The molecule has 0 unspecified atom stereocenters. The van der Waals surface area contributed by atoms with Crippen molar-refractivity contribution in [1.82, 2.24) is 14.8 Å². The summed E-state index contributed by atoms with van der Waals surface area (Å²) in [4.78, 5) is 29.3. The molecule has 3 aromatic rings. The van der Waals surface area contributed by atoms with E-state index in [9.17, 15) is 9.59 Å². The molecular formula is C31H39N3O4. The van der Waals surface area contributed by atoms with Crippen LogP contribution >= 0.6 is 0 Å². The SMILES string of the molecule is COCCn1c(C(=O)N2CCC3(CCCCc4ccccc4OC[C@@H](C)NC3=O)CC2)cc2ccccc21. The minimum atomic E-state index is -0.452. The molecule has 38 heavy (non-hydrogen) atoms. The number of piperidine rings is 1. The molecule has 2 aromatic carbocycles. The number of aromatic nitrogens is 1. The first-order chi connectivity index (χ1) is 18.5. The van der Waals surface area contributed by atoms with Gasteiger partial charge in [0.25, 0.3) is 5.91 Å². The number of benzene rings is 2. The van der Waals surface area contributed by atoms with Gasteiger partial charge in [-0.2, -0.15) is 0 Å². The first-order valence-corrected chi connectivity index (χ1v) is 13.9. The molecular weight excluding hydrogens is 478 g/mol. The average Bonchev–Trinajstić information content (AvgIpc) is 3.31. The molecule has 0 radical (unpaired) electrons. The molecule has 2 aliphatic rings. The Balaban J connectivity index is 1.31. The van der Waals surface area contributed by atoms with Crippen LogP contribution in [-0.2, 0) is 22.5 Å². The number of ether oxygens (including phenoxy) is 2. The van der Waals surface area contributed by atoms with Gasteiger partial charge in [0.15, 0.2) is 0 Å². The summed E-state index contributed by atoms with van der Waals surface area (Å²) in [5.41, 5.74) is 2.50. The van der Waals surface area contributed by atoms with Crippen molar-refractivity contribution in [2.75, 3.05) is 33.4 Å². The minimum absolute atomic E-state index is 0.0269. The van der Waals surface area contributed by atoms with Crippen molar-refractivity contribution < 1.29 is 19.1 Å². The van der Waals surface area contributed by atoms with Gasteiger partial charge in [0.2, 0.25) is 5.91 Å². The second-order valence-electron chi connectivity index (χ2n) is 10.8. The fourth-order valence-corrected chi connectivity index (χ4v) is 5.96. The van der Waals surface area contributed by atoms with Crippen LogP contribution in [0.4, 0.5) is 0 Å². The third kappa shape index (κ3) is 5.44. The number of hydrogen-bond acceptors (Lipinski definition) is 4. The molecule has 202 valence electrons. The maximum Gasteiger partial charge on any atom is 0.270 e. The van der Waals surface area contributed by atoms with Crippen molar-refractivity contribution in [1.29, 1.82) is 0 Å². The summed E-state index contributed by atoms with van der Waals surface area (Å²) in [7, 11) is 1.68. The zero-order chi connectivity index (χ0) is 26.5. The van der Waals surface area contributed by atoms with Crippen LogP contribution in [0.5, 0.6) is 5.75 Å². The lowest BCUT2D eigenvalue weighted by Crippen LogP contribution is -2.52. The van der Waals surface area contributed by atoms with Crippen LogP contribution in [0, 0.1) is 5.41 Å². The number of nitrogens with one attached hydrogen (secondary N) is 1. The molecule has 1 aromatic heterocycles. The molecule has 0 bridgehead atoms. The lowest BCUT2D eigenvalue weighted by atomic mass is 9.73. The summed E-state index contributed by atoms with van der Waals surface area (Å²) in [6, 6.07) is 18.2. The maximum absolute atomic E-state index is 13.7. The lowest BCUT2D eigenvalue weighted by molar-refractivity contribution is -0.135. The number of carbonyl (C=O) groups is 2. The number of para-hydroxylation sites is 2. The third-order valence-corrected chi connectivity index (χ3v) is 8.23. The summed E-state index contributed by atoms with van der Waals surface area (Å²) < 4.78 is 13.5. The van der Waals surface area contributed by atoms with Crippen molar-refractivity contribution in [2.24, 2.45) is 5.41 Å². The first kappa shape index (κ1) is 26.3. The summed E-state index contributed by atoms with van der Waals surface area (Å²) in [6.45, 7) is 4.74. The monoisotopic (exact) mass is 517 g/mol. The Hall–Kier alpha value is -3.32. The minimum Gasteiger partial charge on any atom is -0.491 e. The Morgan fingerprint density at radius 3 is 2.66 bits per heavy atom. The van der Waals surface area contributed by atoms with Crippen LogP contribution in [0.2, 0.25) is 0 Å². The molecule has 1 saturated heterocycles. The van der Waals surface area contributed by atoms with Gasteiger partial charge < -0.3 is 24.3 Å². The van der Waals surface area contributed by atoms with E-state index in [1.165, 1.54) is 5.56 Å². The van der Waals surface area contributed by atoms with Gasteiger partial charge in [-0.15, -0.1) is 0 Å². The van der Waals surface area contributed by atoms with E-state index in [4.69, 9.17) is 9.47 Å². The van der Waals surface area contributed by atoms with Crippen molar-refractivity contribution in [3.8, 4) is 5.75 Å². The van der Waals surface area contributed by atoms with Crippen LogP contribution < -0.4 is 10.1 Å².